The number of benzene rings is 1. The van der Waals surface area contributed by atoms with E-state index in [1.165, 1.54) is 16.9 Å². The van der Waals surface area contributed by atoms with Gasteiger partial charge in [-0.05, 0) is 38.8 Å². The van der Waals surface area contributed by atoms with Gasteiger partial charge in [-0.3, -0.25) is 9.20 Å². The van der Waals surface area contributed by atoms with E-state index >= 15 is 0 Å². The van der Waals surface area contributed by atoms with Crippen LogP contribution in [0.1, 0.15) is 32.9 Å². The fourth-order valence-corrected chi connectivity index (χ4v) is 3.41. The summed E-state index contributed by atoms with van der Waals surface area (Å²) in [7, 11) is 0. The topological polar surface area (TPSA) is 46.4 Å². The second-order valence-corrected chi connectivity index (χ2v) is 6.22. The molecule has 0 fully saturated rings. The molecule has 108 valence electrons. The van der Waals surface area contributed by atoms with Gasteiger partial charge in [-0.25, -0.2) is 4.98 Å². The summed E-state index contributed by atoms with van der Waals surface area (Å²) < 4.78 is 1.94. The van der Waals surface area contributed by atoms with Crippen LogP contribution in [0.2, 0.25) is 0 Å². The summed E-state index contributed by atoms with van der Waals surface area (Å²) in [5.74, 6) is -0.166. The molecule has 5 heteroatoms. The maximum Gasteiger partial charge on any atom is 0.275 e. The number of aromatic nitrogens is 2. The molecule has 0 radical (unpaired) electrons. The summed E-state index contributed by atoms with van der Waals surface area (Å²) in [6.07, 6.45) is 1.79. The van der Waals surface area contributed by atoms with E-state index in [0.717, 1.165) is 27.5 Å². The van der Waals surface area contributed by atoms with Gasteiger partial charge in [-0.15, -0.1) is 11.3 Å². The number of thiazole rings is 1. The van der Waals surface area contributed by atoms with Crippen molar-refractivity contribution in [2.24, 2.45) is 0 Å². The zero-order chi connectivity index (χ0) is 15.1. The summed E-state index contributed by atoms with van der Waals surface area (Å²) in [6.45, 7) is 8.07. The van der Waals surface area contributed by atoms with Crippen molar-refractivity contribution in [1.29, 1.82) is 0 Å². The van der Waals surface area contributed by atoms with E-state index in [2.05, 4.69) is 29.4 Å². The minimum absolute atomic E-state index is 0.166. The van der Waals surface area contributed by atoms with Gasteiger partial charge in [0.05, 0.1) is 0 Å². The maximum absolute atomic E-state index is 12.4. The number of fused-ring (bicyclic) bond motifs is 1. The molecule has 0 aliphatic carbocycles. The van der Waals surface area contributed by atoms with E-state index in [1.54, 1.807) is 6.20 Å². The quantitative estimate of drug-likeness (QED) is 0.780. The number of anilines is 1. The van der Waals surface area contributed by atoms with Crippen molar-refractivity contribution in [1.82, 2.24) is 9.38 Å². The van der Waals surface area contributed by atoms with Crippen LogP contribution < -0.4 is 5.32 Å². The first-order valence-electron chi connectivity index (χ1n) is 6.78. The normalized spacial score (nSPS) is 11.0. The van der Waals surface area contributed by atoms with E-state index in [4.69, 9.17) is 0 Å². The van der Waals surface area contributed by atoms with Crippen LogP contribution in [0.5, 0.6) is 0 Å². The fourth-order valence-electron chi connectivity index (χ4n) is 2.56. The van der Waals surface area contributed by atoms with Gasteiger partial charge in [-0.2, -0.15) is 0 Å². The van der Waals surface area contributed by atoms with E-state index in [1.807, 2.05) is 30.6 Å². The molecule has 3 rings (SSSR count). The van der Waals surface area contributed by atoms with Crippen LogP contribution in [0.4, 0.5) is 5.69 Å². The highest BCUT2D eigenvalue weighted by molar-refractivity contribution is 7.15. The summed E-state index contributed by atoms with van der Waals surface area (Å²) in [5, 5.41) is 5.01. The Morgan fingerprint density at radius 3 is 2.48 bits per heavy atom. The third-order valence-corrected chi connectivity index (χ3v) is 4.49. The lowest BCUT2D eigenvalue weighted by molar-refractivity contribution is 0.102. The molecule has 0 saturated carbocycles. The summed E-state index contributed by atoms with van der Waals surface area (Å²) in [6, 6.07) is 4.14. The van der Waals surface area contributed by atoms with Crippen LogP contribution in [0.25, 0.3) is 4.96 Å². The van der Waals surface area contributed by atoms with Gasteiger partial charge in [0.15, 0.2) is 4.96 Å². The molecule has 0 saturated heterocycles. The second kappa shape index (κ2) is 5.00. The Balaban J connectivity index is 1.93. The first-order valence-corrected chi connectivity index (χ1v) is 7.66. The number of aryl methyl sites for hydroxylation is 4. The lowest BCUT2D eigenvalue weighted by Crippen LogP contribution is -2.14. The van der Waals surface area contributed by atoms with Crippen LogP contribution in [0, 0.1) is 27.7 Å². The van der Waals surface area contributed by atoms with Gasteiger partial charge in [0.2, 0.25) is 0 Å². The molecule has 4 nitrogen and oxygen atoms in total. The standard InChI is InChI=1S/C16H17N3OS/c1-9-5-10(2)14(11(3)6-9)18-15(20)13-7-19-12(4)8-21-16(19)17-13/h5-8H,1-4H3,(H,18,20). The molecule has 1 aromatic carbocycles. The Morgan fingerprint density at radius 1 is 1.19 bits per heavy atom. The Kier molecular flexibility index (Phi) is 3.29. The SMILES string of the molecule is Cc1cc(C)c(NC(=O)c2cn3c(C)csc3n2)c(C)c1. The van der Waals surface area contributed by atoms with E-state index in [-0.39, 0.29) is 5.91 Å². The molecule has 0 atom stereocenters. The molecule has 2 aromatic heterocycles. The maximum atomic E-state index is 12.4. The first-order chi connectivity index (χ1) is 9.95. The molecular weight excluding hydrogens is 282 g/mol. The second-order valence-electron chi connectivity index (χ2n) is 5.38. The molecule has 1 amide bonds. The van der Waals surface area contributed by atoms with Crippen molar-refractivity contribution in [2.75, 3.05) is 5.32 Å². The minimum Gasteiger partial charge on any atom is -0.320 e. The minimum atomic E-state index is -0.166. The van der Waals surface area contributed by atoms with Gasteiger partial charge < -0.3 is 5.32 Å². The lowest BCUT2D eigenvalue weighted by atomic mass is 10.1. The largest absolute Gasteiger partial charge is 0.320 e. The van der Waals surface area contributed by atoms with Crippen molar-refractivity contribution in [3.8, 4) is 0 Å². The Morgan fingerprint density at radius 2 is 1.86 bits per heavy atom. The van der Waals surface area contributed by atoms with Crippen molar-refractivity contribution in [3.63, 3.8) is 0 Å². The fraction of sp³-hybridized carbons (Fsp3) is 0.250. The monoisotopic (exact) mass is 299 g/mol. The third kappa shape index (κ3) is 2.45. The molecular formula is C16H17N3OS. The van der Waals surface area contributed by atoms with E-state index in [9.17, 15) is 4.79 Å². The number of hydrogen-bond donors (Lipinski definition) is 1. The molecule has 1 N–H and O–H groups in total. The van der Waals surface area contributed by atoms with Gasteiger partial charge in [0, 0.05) is 23.0 Å². The number of nitrogens with zero attached hydrogens (tertiary/aromatic N) is 2. The van der Waals surface area contributed by atoms with Crippen LogP contribution in [-0.4, -0.2) is 15.3 Å². The molecule has 21 heavy (non-hydrogen) atoms. The predicted octanol–water partition coefficient (Wildman–Crippen LogP) is 3.88. The smallest absolute Gasteiger partial charge is 0.275 e. The van der Waals surface area contributed by atoms with Crippen LogP contribution in [0.15, 0.2) is 23.7 Å². The number of amides is 1. The molecule has 0 aliphatic rings. The zero-order valence-corrected chi connectivity index (χ0v) is 13.3. The van der Waals surface area contributed by atoms with Crippen LogP contribution >= 0.6 is 11.3 Å². The molecule has 0 aliphatic heterocycles. The van der Waals surface area contributed by atoms with E-state index in [0.29, 0.717) is 5.69 Å². The van der Waals surface area contributed by atoms with E-state index < -0.39 is 0 Å². The highest BCUT2D eigenvalue weighted by Gasteiger charge is 2.15. The summed E-state index contributed by atoms with van der Waals surface area (Å²) >= 11 is 1.54. The number of carbonyl (C=O) groups excluding carboxylic acids is 1. The van der Waals surface area contributed by atoms with Crippen molar-refractivity contribution >= 4 is 27.9 Å². The number of nitrogens with one attached hydrogen (secondary N) is 1. The average Bonchev–Trinajstić information content (AvgIpc) is 2.96. The number of hydrogen-bond acceptors (Lipinski definition) is 3. The molecule has 0 bridgehead atoms. The highest BCUT2D eigenvalue weighted by atomic mass is 32.1. The predicted molar refractivity (Wildman–Crippen MR) is 86.4 cm³/mol. The molecule has 2 heterocycles. The van der Waals surface area contributed by atoms with Crippen molar-refractivity contribution in [2.45, 2.75) is 27.7 Å². The van der Waals surface area contributed by atoms with Crippen molar-refractivity contribution < 1.29 is 4.79 Å². The van der Waals surface area contributed by atoms with Gasteiger partial charge in [0.1, 0.15) is 5.69 Å². The Bertz CT molecular complexity index is 821. The molecule has 0 unspecified atom stereocenters. The van der Waals surface area contributed by atoms with Crippen LogP contribution in [0.3, 0.4) is 0 Å². The summed E-state index contributed by atoms with van der Waals surface area (Å²) in [4.78, 5) is 17.6. The first kappa shape index (κ1) is 13.8. The summed E-state index contributed by atoms with van der Waals surface area (Å²) in [5.41, 5.74) is 5.74. The number of carbonyl (C=O) groups is 1. The van der Waals surface area contributed by atoms with Gasteiger partial charge in [-0.1, -0.05) is 17.7 Å². The third-order valence-electron chi connectivity index (χ3n) is 3.54. The van der Waals surface area contributed by atoms with Gasteiger partial charge in [0.25, 0.3) is 5.91 Å². The lowest BCUT2D eigenvalue weighted by Gasteiger charge is -2.11. The average molecular weight is 299 g/mol. The van der Waals surface area contributed by atoms with Gasteiger partial charge >= 0.3 is 0 Å². The Hall–Kier alpha value is -2.14. The molecule has 3 aromatic rings. The Labute approximate surface area is 127 Å². The highest BCUT2D eigenvalue weighted by Crippen LogP contribution is 2.23. The van der Waals surface area contributed by atoms with Crippen LogP contribution in [-0.2, 0) is 0 Å². The van der Waals surface area contributed by atoms with Crippen molar-refractivity contribution in [3.05, 3.63) is 51.8 Å². The molecule has 0 spiro atoms. The number of rotatable bonds is 2. The zero-order valence-electron chi connectivity index (χ0n) is 12.5. The number of imidazole rings is 1.